The lowest BCUT2D eigenvalue weighted by Crippen LogP contribution is -2.02. The molecular weight excluding hydrogens is 418 g/mol. The molecule has 0 aliphatic heterocycles. The van der Waals surface area contributed by atoms with Crippen LogP contribution in [0.25, 0.3) is 44.0 Å². The van der Waals surface area contributed by atoms with Crippen LogP contribution in [0.15, 0.2) is 85.1 Å². The number of nitrogens with one attached hydrogen (secondary N) is 1. The summed E-state index contributed by atoms with van der Waals surface area (Å²) in [6.45, 7) is 0.555. The Kier molecular flexibility index (Phi) is 4.49. The molecule has 4 nitrogen and oxygen atoms in total. The molecule has 3 aromatic heterocycles. The van der Waals surface area contributed by atoms with Crippen LogP contribution in [0, 0.1) is 0 Å². The number of hydrogen-bond donors (Lipinski definition) is 2. The number of aliphatic hydroxyl groups excluding tert-OH is 1. The van der Waals surface area contributed by atoms with Gasteiger partial charge in [0.1, 0.15) is 0 Å². The highest BCUT2D eigenvalue weighted by Crippen LogP contribution is 2.38. The monoisotopic (exact) mass is 437 g/mol. The number of aromatic nitrogens is 3. The first kappa shape index (κ1) is 19.1. The first-order valence-electron chi connectivity index (χ1n) is 10.6. The molecular formula is C27H20ClN3O. The van der Waals surface area contributed by atoms with Gasteiger partial charge in [0.15, 0.2) is 0 Å². The number of nitrogens with zero attached hydrogens (tertiary/aromatic N) is 2. The molecule has 3 aromatic carbocycles. The van der Waals surface area contributed by atoms with E-state index < -0.39 is 0 Å². The Balaban J connectivity index is 1.72. The normalized spacial score (nSPS) is 11.7. The third-order valence-corrected chi connectivity index (χ3v) is 6.27. The van der Waals surface area contributed by atoms with Crippen LogP contribution >= 0.6 is 11.6 Å². The fourth-order valence-corrected chi connectivity index (χ4v) is 4.86. The van der Waals surface area contributed by atoms with Gasteiger partial charge in [0.25, 0.3) is 0 Å². The van der Waals surface area contributed by atoms with Gasteiger partial charge in [-0.25, -0.2) is 4.98 Å². The summed E-state index contributed by atoms with van der Waals surface area (Å²) in [6, 6.07) is 26.6. The lowest BCUT2D eigenvalue weighted by atomic mass is 10.1. The van der Waals surface area contributed by atoms with Crippen LogP contribution in [0.4, 0.5) is 0 Å². The molecule has 0 aliphatic carbocycles. The minimum Gasteiger partial charge on any atom is -0.390 e. The van der Waals surface area contributed by atoms with Crippen molar-refractivity contribution >= 4 is 44.3 Å². The molecule has 3 heterocycles. The van der Waals surface area contributed by atoms with E-state index in [1.54, 1.807) is 0 Å². The Bertz CT molecular complexity index is 1610. The molecule has 0 aliphatic rings. The summed E-state index contributed by atoms with van der Waals surface area (Å²) in [4.78, 5) is 8.28. The molecule has 0 saturated heterocycles. The van der Waals surface area contributed by atoms with E-state index in [0.29, 0.717) is 12.2 Å². The van der Waals surface area contributed by atoms with Crippen LogP contribution in [0.1, 0.15) is 11.3 Å². The molecule has 0 spiro atoms. The Hall–Kier alpha value is -3.60. The zero-order valence-corrected chi connectivity index (χ0v) is 18.0. The molecule has 156 valence electrons. The standard InChI is InChI=1S/C27H20ClN3O/c28-18-7-5-6-17(12-18)15-31-25-11-4-2-9-21(25)22-13-19(16-32)30-26(27(22)31)23-14-29-24-10-3-1-8-20(23)24/h1-14,29,32H,15-16H2. The maximum absolute atomic E-state index is 9.99. The summed E-state index contributed by atoms with van der Waals surface area (Å²) in [7, 11) is 0. The smallest absolute Gasteiger partial charge is 0.0971 e. The highest BCUT2D eigenvalue weighted by Gasteiger charge is 2.20. The molecule has 0 amide bonds. The number of halogens is 1. The first-order chi connectivity index (χ1) is 15.7. The lowest BCUT2D eigenvalue weighted by Gasteiger charge is -2.12. The summed E-state index contributed by atoms with van der Waals surface area (Å²) in [5.74, 6) is 0. The molecule has 5 heteroatoms. The number of aliphatic hydroxyl groups is 1. The first-order valence-corrected chi connectivity index (χ1v) is 10.9. The second-order valence-electron chi connectivity index (χ2n) is 8.00. The summed E-state index contributed by atoms with van der Waals surface area (Å²) < 4.78 is 2.31. The third-order valence-electron chi connectivity index (χ3n) is 6.04. The minimum absolute atomic E-state index is 0.112. The van der Waals surface area contributed by atoms with E-state index in [0.717, 1.165) is 54.6 Å². The van der Waals surface area contributed by atoms with Crippen LogP contribution < -0.4 is 0 Å². The van der Waals surface area contributed by atoms with Gasteiger partial charge in [-0.2, -0.15) is 0 Å². The number of aromatic amines is 1. The van der Waals surface area contributed by atoms with E-state index in [9.17, 15) is 5.11 Å². The van der Waals surface area contributed by atoms with Gasteiger partial charge < -0.3 is 14.7 Å². The number of fused-ring (bicyclic) bond motifs is 4. The van der Waals surface area contributed by atoms with Crippen molar-refractivity contribution in [2.45, 2.75) is 13.2 Å². The van der Waals surface area contributed by atoms with Crippen molar-refractivity contribution in [3.05, 3.63) is 101 Å². The Morgan fingerprint density at radius 1 is 0.875 bits per heavy atom. The van der Waals surface area contributed by atoms with E-state index in [2.05, 4.69) is 52.0 Å². The van der Waals surface area contributed by atoms with E-state index in [1.165, 1.54) is 0 Å². The summed E-state index contributed by atoms with van der Waals surface area (Å²) in [5.41, 5.74) is 6.90. The van der Waals surface area contributed by atoms with E-state index in [1.807, 2.05) is 42.6 Å². The summed E-state index contributed by atoms with van der Waals surface area (Å²) in [6.07, 6.45) is 2.01. The van der Waals surface area contributed by atoms with Crippen molar-refractivity contribution in [2.24, 2.45) is 0 Å². The number of benzene rings is 3. The number of pyridine rings is 1. The average molecular weight is 438 g/mol. The van der Waals surface area contributed by atoms with E-state index in [4.69, 9.17) is 16.6 Å². The van der Waals surface area contributed by atoms with Crippen molar-refractivity contribution in [1.29, 1.82) is 0 Å². The molecule has 6 aromatic rings. The summed E-state index contributed by atoms with van der Waals surface area (Å²) in [5, 5.41) is 14.0. The molecule has 0 atom stereocenters. The maximum Gasteiger partial charge on any atom is 0.0971 e. The zero-order chi connectivity index (χ0) is 21.7. The summed E-state index contributed by atoms with van der Waals surface area (Å²) >= 11 is 6.29. The molecule has 0 bridgehead atoms. The van der Waals surface area contributed by atoms with Crippen LogP contribution in [0.2, 0.25) is 5.02 Å². The van der Waals surface area contributed by atoms with Crippen LogP contribution in [-0.2, 0) is 13.2 Å². The van der Waals surface area contributed by atoms with E-state index in [-0.39, 0.29) is 6.61 Å². The number of rotatable bonds is 4. The van der Waals surface area contributed by atoms with Gasteiger partial charge in [-0.05, 0) is 35.9 Å². The van der Waals surface area contributed by atoms with E-state index >= 15 is 0 Å². The van der Waals surface area contributed by atoms with Crippen LogP contribution in [0.3, 0.4) is 0 Å². The molecule has 0 saturated carbocycles. The second kappa shape index (κ2) is 7.52. The van der Waals surface area contributed by atoms with Crippen molar-refractivity contribution in [3.8, 4) is 11.3 Å². The Labute approximate surface area is 189 Å². The highest BCUT2D eigenvalue weighted by atomic mass is 35.5. The molecule has 6 rings (SSSR count). The van der Waals surface area contributed by atoms with Gasteiger partial charge in [-0.15, -0.1) is 0 Å². The number of H-pyrrole nitrogens is 1. The predicted molar refractivity (Wildman–Crippen MR) is 131 cm³/mol. The van der Waals surface area contributed by atoms with Crippen LogP contribution in [-0.4, -0.2) is 19.6 Å². The maximum atomic E-state index is 9.99. The molecule has 0 unspecified atom stereocenters. The quantitative estimate of drug-likeness (QED) is 0.329. The molecule has 32 heavy (non-hydrogen) atoms. The van der Waals surface area contributed by atoms with Crippen molar-refractivity contribution < 1.29 is 5.11 Å². The SMILES string of the molecule is OCc1cc2c3ccccc3n(Cc3cccc(Cl)c3)c2c(-c2c[nH]c3ccccc23)n1. The predicted octanol–water partition coefficient (Wildman–Crippen LogP) is 6.53. The van der Waals surface area contributed by atoms with Gasteiger partial charge in [0.05, 0.1) is 23.5 Å². The van der Waals surface area contributed by atoms with Gasteiger partial charge >= 0.3 is 0 Å². The number of hydrogen-bond acceptors (Lipinski definition) is 2. The largest absolute Gasteiger partial charge is 0.390 e. The van der Waals surface area contributed by atoms with Gasteiger partial charge in [0, 0.05) is 50.5 Å². The topological polar surface area (TPSA) is 53.8 Å². The zero-order valence-electron chi connectivity index (χ0n) is 17.2. The third kappa shape index (κ3) is 3.00. The highest BCUT2D eigenvalue weighted by molar-refractivity contribution is 6.30. The van der Waals surface area contributed by atoms with Crippen molar-refractivity contribution in [3.63, 3.8) is 0 Å². The Morgan fingerprint density at radius 2 is 1.69 bits per heavy atom. The lowest BCUT2D eigenvalue weighted by molar-refractivity contribution is 0.277. The number of para-hydroxylation sites is 2. The van der Waals surface area contributed by atoms with Crippen molar-refractivity contribution in [2.75, 3.05) is 0 Å². The van der Waals surface area contributed by atoms with Crippen molar-refractivity contribution in [1.82, 2.24) is 14.5 Å². The fraction of sp³-hybridized carbons (Fsp3) is 0.0741. The van der Waals surface area contributed by atoms with Crippen LogP contribution in [0.5, 0.6) is 0 Å². The molecule has 0 fully saturated rings. The van der Waals surface area contributed by atoms with Gasteiger partial charge in [-0.1, -0.05) is 60.1 Å². The van der Waals surface area contributed by atoms with Gasteiger partial charge in [0.2, 0.25) is 0 Å². The second-order valence-corrected chi connectivity index (χ2v) is 8.43. The van der Waals surface area contributed by atoms with Gasteiger partial charge in [-0.3, -0.25) is 0 Å². The fourth-order valence-electron chi connectivity index (χ4n) is 4.65. The minimum atomic E-state index is -0.112. The Morgan fingerprint density at radius 3 is 2.53 bits per heavy atom. The average Bonchev–Trinajstić information content (AvgIpc) is 3.39. The molecule has 0 radical (unpaired) electrons. The molecule has 2 N–H and O–H groups in total.